The number of methoxy groups -OCH3 is 1. The number of nitrogens with zero attached hydrogens (tertiary/aromatic N) is 2. The summed E-state index contributed by atoms with van der Waals surface area (Å²) in [6, 6.07) is 0. The van der Waals surface area contributed by atoms with E-state index in [-0.39, 0.29) is 15.0 Å². The molecule has 0 aliphatic rings. The van der Waals surface area contributed by atoms with Crippen LogP contribution in [0.25, 0.3) is 0 Å². The summed E-state index contributed by atoms with van der Waals surface area (Å²) in [5.41, 5.74) is 1.02. The molecule has 2 aromatic rings. The molecule has 0 spiro atoms. The van der Waals surface area contributed by atoms with Crippen molar-refractivity contribution in [2.24, 2.45) is 0 Å². The molecule has 0 fully saturated rings. The highest BCUT2D eigenvalue weighted by molar-refractivity contribution is 9.11. The number of aromatic nitrogens is 2. The van der Waals surface area contributed by atoms with Crippen LogP contribution in [0.2, 0.25) is 0 Å². The van der Waals surface area contributed by atoms with E-state index in [1.54, 1.807) is 0 Å². The molecular weight excluding hydrogens is 378 g/mol. The highest BCUT2D eigenvalue weighted by Crippen LogP contribution is 2.28. The van der Waals surface area contributed by atoms with Gasteiger partial charge in [0.15, 0.2) is 15.0 Å². The van der Waals surface area contributed by atoms with Gasteiger partial charge >= 0.3 is 5.97 Å². The maximum absolute atomic E-state index is 12.1. The largest absolute Gasteiger partial charge is 0.464 e. The molecule has 0 bridgehead atoms. The van der Waals surface area contributed by atoms with Gasteiger partial charge in [-0.25, -0.2) is 23.2 Å². The lowest BCUT2D eigenvalue weighted by molar-refractivity contribution is 0.0590. The van der Waals surface area contributed by atoms with E-state index in [0.717, 1.165) is 29.8 Å². The fraction of sp³-hybridized carbons (Fsp3) is 0.125. The van der Waals surface area contributed by atoms with Gasteiger partial charge in [0, 0.05) is 0 Å². The molecule has 0 aliphatic heterocycles. The molecule has 2 heterocycles. The predicted molar refractivity (Wildman–Crippen MR) is 74.1 cm³/mol. The number of hydrogen-bond acceptors (Lipinski definition) is 8. The van der Waals surface area contributed by atoms with Crippen LogP contribution in [0.4, 0.5) is 5.13 Å². The van der Waals surface area contributed by atoms with E-state index in [0.29, 0.717) is 3.79 Å². The first-order chi connectivity index (χ1) is 8.94. The van der Waals surface area contributed by atoms with Crippen molar-refractivity contribution in [2.75, 3.05) is 11.8 Å². The Labute approximate surface area is 124 Å². The average molecular weight is 384 g/mol. The van der Waals surface area contributed by atoms with Gasteiger partial charge in [0.2, 0.25) is 0 Å². The molecule has 0 aliphatic carbocycles. The van der Waals surface area contributed by atoms with E-state index in [1.165, 1.54) is 11.7 Å². The van der Waals surface area contributed by atoms with Crippen molar-refractivity contribution >= 4 is 59.7 Å². The van der Waals surface area contributed by atoms with Crippen molar-refractivity contribution in [1.29, 1.82) is 0 Å². The molecule has 19 heavy (non-hydrogen) atoms. The average Bonchev–Trinajstić information content (AvgIpc) is 2.97. The minimum Gasteiger partial charge on any atom is -0.464 e. The van der Waals surface area contributed by atoms with Gasteiger partial charge in [-0.1, -0.05) is 11.3 Å². The summed E-state index contributed by atoms with van der Waals surface area (Å²) in [6.45, 7) is 0. The zero-order chi connectivity index (χ0) is 14.0. The third-order valence-corrected chi connectivity index (χ3v) is 6.09. The first-order valence-corrected chi connectivity index (χ1v) is 8.57. The number of carbonyl (C=O) groups is 1. The Morgan fingerprint density at radius 1 is 1.47 bits per heavy atom. The van der Waals surface area contributed by atoms with Crippen molar-refractivity contribution in [3.8, 4) is 0 Å². The monoisotopic (exact) mass is 383 g/mol. The summed E-state index contributed by atoms with van der Waals surface area (Å²) in [5.74, 6) is -0.804. The quantitative estimate of drug-likeness (QED) is 0.810. The van der Waals surface area contributed by atoms with E-state index in [4.69, 9.17) is 0 Å². The van der Waals surface area contributed by atoms with Gasteiger partial charge in [0.1, 0.15) is 0 Å². The molecule has 0 atom stereocenters. The lowest BCUT2D eigenvalue weighted by Gasteiger charge is -2.03. The molecule has 1 N–H and O–H groups in total. The van der Waals surface area contributed by atoms with Crippen LogP contribution in [-0.2, 0) is 14.8 Å². The second kappa shape index (κ2) is 5.53. The van der Waals surface area contributed by atoms with Gasteiger partial charge in [-0.05, 0) is 15.9 Å². The SMILES string of the molecule is COC(=O)c1ncsc1S(=O)(=O)Nc1ncc(Br)s1. The van der Waals surface area contributed by atoms with Gasteiger partial charge in [0.25, 0.3) is 10.0 Å². The van der Waals surface area contributed by atoms with Gasteiger partial charge in [-0.3, -0.25) is 4.72 Å². The highest BCUT2D eigenvalue weighted by atomic mass is 79.9. The molecular formula is C8H6BrN3O4S3. The third-order valence-electron chi connectivity index (χ3n) is 1.86. The van der Waals surface area contributed by atoms with E-state index in [9.17, 15) is 13.2 Å². The summed E-state index contributed by atoms with van der Waals surface area (Å²) >= 11 is 5.12. The van der Waals surface area contributed by atoms with Crippen LogP contribution in [0.5, 0.6) is 0 Å². The van der Waals surface area contributed by atoms with Crippen molar-refractivity contribution < 1.29 is 17.9 Å². The van der Waals surface area contributed by atoms with Crippen molar-refractivity contribution in [3.05, 3.63) is 21.2 Å². The van der Waals surface area contributed by atoms with Crippen molar-refractivity contribution in [2.45, 2.75) is 4.21 Å². The Balaban J connectivity index is 2.35. The summed E-state index contributed by atoms with van der Waals surface area (Å²) in [4.78, 5) is 19.0. The lowest BCUT2D eigenvalue weighted by atomic mass is 10.5. The molecule has 11 heteroatoms. The summed E-state index contributed by atoms with van der Waals surface area (Å²) < 4.78 is 31.5. The topological polar surface area (TPSA) is 98.2 Å². The second-order valence-electron chi connectivity index (χ2n) is 3.06. The zero-order valence-electron chi connectivity index (χ0n) is 9.28. The van der Waals surface area contributed by atoms with Crippen LogP contribution >= 0.6 is 38.6 Å². The van der Waals surface area contributed by atoms with Crippen LogP contribution in [0.1, 0.15) is 10.5 Å². The predicted octanol–water partition coefficient (Wildman–Crippen LogP) is 1.95. The number of sulfonamides is 1. The van der Waals surface area contributed by atoms with Crippen LogP contribution in [0.15, 0.2) is 19.7 Å². The highest BCUT2D eigenvalue weighted by Gasteiger charge is 2.27. The Hall–Kier alpha value is -1.04. The third kappa shape index (κ3) is 3.11. The number of halogens is 1. The van der Waals surface area contributed by atoms with E-state index < -0.39 is 16.0 Å². The number of nitrogens with one attached hydrogen (secondary N) is 1. The Morgan fingerprint density at radius 2 is 2.21 bits per heavy atom. The molecule has 7 nitrogen and oxygen atoms in total. The van der Waals surface area contributed by atoms with Crippen LogP contribution < -0.4 is 4.72 Å². The second-order valence-corrected chi connectivity index (χ2v) is 8.20. The van der Waals surface area contributed by atoms with E-state index in [1.807, 2.05) is 0 Å². The molecule has 0 radical (unpaired) electrons. The molecule has 0 unspecified atom stereocenters. The summed E-state index contributed by atoms with van der Waals surface area (Å²) in [5, 5.41) is 0.191. The van der Waals surface area contributed by atoms with Gasteiger partial charge in [-0.2, -0.15) is 0 Å². The summed E-state index contributed by atoms with van der Waals surface area (Å²) in [7, 11) is -2.75. The molecule has 0 saturated heterocycles. The summed E-state index contributed by atoms with van der Waals surface area (Å²) in [6.07, 6.45) is 1.47. The van der Waals surface area contributed by atoms with Crippen LogP contribution in [0.3, 0.4) is 0 Å². The lowest BCUT2D eigenvalue weighted by Crippen LogP contribution is -2.15. The first kappa shape index (κ1) is 14.4. The van der Waals surface area contributed by atoms with E-state index in [2.05, 4.69) is 35.4 Å². The Kier molecular flexibility index (Phi) is 4.18. The first-order valence-electron chi connectivity index (χ1n) is 4.60. The normalized spacial score (nSPS) is 11.3. The Bertz CT molecular complexity index is 708. The van der Waals surface area contributed by atoms with Crippen LogP contribution in [0, 0.1) is 0 Å². The molecule has 102 valence electrons. The minimum absolute atomic E-state index is 0.191. The number of ether oxygens (including phenoxy) is 1. The molecule has 0 aromatic carbocycles. The van der Waals surface area contributed by atoms with Crippen molar-refractivity contribution in [1.82, 2.24) is 9.97 Å². The molecule has 2 rings (SSSR count). The van der Waals surface area contributed by atoms with E-state index >= 15 is 0 Å². The number of esters is 1. The standard InChI is InChI=1S/C8H6BrN3O4S3/c1-16-6(13)5-7(17-3-11-5)19(14,15)12-8-10-2-4(9)18-8/h2-3H,1H3,(H,10,12). The number of anilines is 1. The number of hydrogen-bond donors (Lipinski definition) is 1. The molecule has 2 aromatic heterocycles. The molecule has 0 saturated carbocycles. The Morgan fingerprint density at radius 3 is 2.79 bits per heavy atom. The maximum Gasteiger partial charge on any atom is 0.358 e. The van der Waals surface area contributed by atoms with Crippen molar-refractivity contribution in [3.63, 3.8) is 0 Å². The fourth-order valence-electron chi connectivity index (χ4n) is 1.12. The van der Waals surface area contributed by atoms with Gasteiger partial charge in [-0.15, -0.1) is 11.3 Å². The van der Waals surface area contributed by atoms with Gasteiger partial charge in [0.05, 0.1) is 22.6 Å². The minimum atomic E-state index is -3.91. The number of thiazole rings is 2. The van der Waals surface area contributed by atoms with Gasteiger partial charge < -0.3 is 4.74 Å². The number of rotatable bonds is 4. The smallest absolute Gasteiger partial charge is 0.358 e. The zero-order valence-corrected chi connectivity index (χ0v) is 13.3. The fourth-order valence-corrected chi connectivity index (χ4v) is 4.60. The molecule has 0 amide bonds. The maximum atomic E-state index is 12.1. The number of carbonyl (C=O) groups excluding carboxylic acids is 1. The van der Waals surface area contributed by atoms with Crippen LogP contribution in [-0.4, -0.2) is 31.5 Å².